The van der Waals surface area contributed by atoms with E-state index in [4.69, 9.17) is 10.1 Å². The highest BCUT2D eigenvalue weighted by Gasteiger charge is 2.47. The Morgan fingerprint density at radius 1 is 1.08 bits per heavy atom. The molecular formula is C27H34F3N5O3S. The fourth-order valence-corrected chi connectivity index (χ4v) is 7.30. The van der Waals surface area contributed by atoms with E-state index in [1.807, 2.05) is 19.1 Å². The van der Waals surface area contributed by atoms with Gasteiger partial charge in [0.25, 0.3) is 10.2 Å². The lowest BCUT2D eigenvalue weighted by Crippen LogP contribution is -2.57. The van der Waals surface area contributed by atoms with Gasteiger partial charge in [-0.3, -0.25) is 4.90 Å². The summed E-state index contributed by atoms with van der Waals surface area (Å²) in [7, 11) is -3.72. The number of nitrogens with zero attached hydrogens (tertiary/aromatic N) is 3. The maximum Gasteiger partial charge on any atom is 0.282 e. The summed E-state index contributed by atoms with van der Waals surface area (Å²) in [5, 5.41) is 11.3. The minimum Gasteiger partial charge on any atom is -0.379 e. The molecule has 5 rings (SSSR count). The topological polar surface area (TPSA) is 89.0 Å². The molecule has 2 aromatic rings. The summed E-state index contributed by atoms with van der Waals surface area (Å²) in [6.07, 6.45) is 0.908. The number of hydrogen-bond donors (Lipinski definition) is 2. The second-order valence-electron chi connectivity index (χ2n) is 10.6. The van der Waals surface area contributed by atoms with Gasteiger partial charge in [0.05, 0.1) is 13.2 Å². The van der Waals surface area contributed by atoms with Gasteiger partial charge in [-0.25, -0.2) is 13.2 Å². The Morgan fingerprint density at radius 3 is 2.41 bits per heavy atom. The number of alkyl halides is 2. The molecular weight excluding hydrogens is 531 g/mol. The van der Waals surface area contributed by atoms with Crippen LogP contribution in [-0.2, 0) is 14.9 Å². The van der Waals surface area contributed by atoms with E-state index >= 15 is 0 Å². The molecule has 39 heavy (non-hydrogen) atoms. The van der Waals surface area contributed by atoms with Gasteiger partial charge in [-0.1, -0.05) is 0 Å². The Kier molecular flexibility index (Phi) is 8.03. The number of nitrogens with one attached hydrogen (secondary N) is 2. The highest BCUT2D eigenvalue weighted by Crippen LogP contribution is 2.44. The lowest BCUT2D eigenvalue weighted by atomic mass is 9.80. The Morgan fingerprint density at radius 2 is 1.77 bits per heavy atom. The third-order valence-corrected chi connectivity index (χ3v) is 9.82. The first-order valence-corrected chi connectivity index (χ1v) is 14.6. The molecule has 212 valence electrons. The zero-order valence-corrected chi connectivity index (χ0v) is 22.7. The molecule has 0 spiro atoms. The van der Waals surface area contributed by atoms with Gasteiger partial charge in [-0.2, -0.15) is 17.0 Å². The first-order chi connectivity index (χ1) is 18.6. The molecule has 3 fully saturated rings. The van der Waals surface area contributed by atoms with Crippen LogP contribution in [-0.4, -0.2) is 86.5 Å². The number of halogens is 3. The average Bonchev–Trinajstić information content (AvgIpc) is 2.90. The van der Waals surface area contributed by atoms with Crippen LogP contribution in [0.3, 0.4) is 0 Å². The van der Waals surface area contributed by atoms with Crippen molar-refractivity contribution in [3.63, 3.8) is 0 Å². The van der Waals surface area contributed by atoms with Crippen molar-refractivity contribution in [1.29, 1.82) is 5.41 Å². The summed E-state index contributed by atoms with van der Waals surface area (Å²) in [6, 6.07) is 9.32. The minimum absolute atomic E-state index is 0.146. The van der Waals surface area contributed by atoms with Crippen LogP contribution in [0.25, 0.3) is 0 Å². The molecule has 1 aliphatic carbocycles. The largest absolute Gasteiger partial charge is 0.379 e. The highest BCUT2D eigenvalue weighted by atomic mass is 32.2. The number of hydrogen-bond acceptors (Lipinski definition) is 6. The molecule has 0 bridgehead atoms. The molecule has 2 heterocycles. The van der Waals surface area contributed by atoms with E-state index in [0.717, 1.165) is 11.1 Å². The number of piperazine rings is 1. The molecule has 2 saturated heterocycles. The van der Waals surface area contributed by atoms with Gasteiger partial charge >= 0.3 is 0 Å². The van der Waals surface area contributed by atoms with E-state index in [9.17, 15) is 21.6 Å². The van der Waals surface area contributed by atoms with Crippen LogP contribution >= 0.6 is 0 Å². The van der Waals surface area contributed by atoms with Crippen LogP contribution in [0.5, 0.6) is 0 Å². The van der Waals surface area contributed by atoms with E-state index in [-0.39, 0.29) is 43.7 Å². The number of rotatable bonds is 8. The SMILES string of the molecule is Cc1cc(Nc2ccc(F)cc2)c(C=N)cc1[C@@H]1CN(S(=O)(=O)N2CCOCC2)CCN1CC1CC(F)(F)C1. The molecule has 1 saturated carbocycles. The molecule has 8 nitrogen and oxygen atoms in total. The van der Waals surface area contributed by atoms with Crippen LogP contribution in [0.2, 0.25) is 0 Å². The number of benzene rings is 2. The number of morpholine rings is 1. The smallest absolute Gasteiger partial charge is 0.282 e. The lowest BCUT2D eigenvalue weighted by molar-refractivity contribution is -0.120. The highest BCUT2D eigenvalue weighted by molar-refractivity contribution is 7.86. The van der Waals surface area contributed by atoms with Crippen molar-refractivity contribution in [1.82, 2.24) is 13.5 Å². The first-order valence-electron chi connectivity index (χ1n) is 13.2. The van der Waals surface area contributed by atoms with Crippen LogP contribution in [0, 0.1) is 24.1 Å². The van der Waals surface area contributed by atoms with Gasteiger partial charge in [-0.05, 0) is 60.4 Å². The van der Waals surface area contributed by atoms with Gasteiger partial charge in [0.1, 0.15) is 5.82 Å². The second kappa shape index (κ2) is 11.2. The Labute approximate surface area is 227 Å². The first kappa shape index (κ1) is 28.0. The van der Waals surface area contributed by atoms with Crippen molar-refractivity contribution in [2.24, 2.45) is 5.92 Å². The number of anilines is 2. The van der Waals surface area contributed by atoms with Crippen LogP contribution < -0.4 is 5.32 Å². The van der Waals surface area contributed by atoms with E-state index in [2.05, 4.69) is 10.2 Å². The predicted octanol–water partition coefficient (Wildman–Crippen LogP) is 4.16. The molecule has 3 aliphatic rings. The maximum atomic E-state index is 13.6. The summed E-state index contributed by atoms with van der Waals surface area (Å²) in [5.41, 5.74) is 3.65. The van der Waals surface area contributed by atoms with Crippen molar-refractivity contribution >= 4 is 27.8 Å². The van der Waals surface area contributed by atoms with Gasteiger partial charge in [0.2, 0.25) is 5.92 Å². The summed E-state index contributed by atoms with van der Waals surface area (Å²) in [6.45, 7) is 4.56. The number of aryl methyl sites for hydroxylation is 1. The minimum atomic E-state index is -3.72. The Balaban J connectivity index is 1.44. The Bertz CT molecular complexity index is 1290. The normalized spacial score (nSPS) is 23.3. The predicted molar refractivity (Wildman–Crippen MR) is 144 cm³/mol. The zero-order valence-electron chi connectivity index (χ0n) is 21.9. The average molecular weight is 566 g/mol. The molecule has 2 aliphatic heterocycles. The van der Waals surface area contributed by atoms with Crippen molar-refractivity contribution in [3.05, 3.63) is 58.9 Å². The molecule has 2 aromatic carbocycles. The monoisotopic (exact) mass is 565 g/mol. The van der Waals surface area contributed by atoms with Crippen molar-refractivity contribution in [2.75, 3.05) is 57.8 Å². The lowest BCUT2D eigenvalue weighted by Gasteiger charge is -2.46. The van der Waals surface area contributed by atoms with Gasteiger partial charge < -0.3 is 15.5 Å². The third kappa shape index (κ3) is 6.14. The quantitative estimate of drug-likeness (QED) is 0.470. The van der Waals surface area contributed by atoms with Gasteiger partial charge in [0, 0.05) is 81.3 Å². The van der Waals surface area contributed by atoms with Crippen LogP contribution in [0.4, 0.5) is 24.5 Å². The van der Waals surface area contributed by atoms with E-state index < -0.39 is 16.1 Å². The molecule has 0 aromatic heterocycles. The molecule has 12 heteroatoms. The molecule has 0 unspecified atom stereocenters. The third-order valence-electron chi connectivity index (χ3n) is 7.82. The van der Waals surface area contributed by atoms with E-state index in [1.165, 1.54) is 27.0 Å². The molecule has 0 amide bonds. The summed E-state index contributed by atoms with van der Waals surface area (Å²) >= 11 is 0. The maximum absolute atomic E-state index is 13.6. The standard InChI is InChI=1S/C27H34F3N5O3S/c1-19-12-25(32-23-4-2-22(28)3-5-23)21(16-31)13-24(19)26-18-35(39(36,37)34-8-10-38-11-9-34)7-6-33(26)17-20-14-27(29,30)15-20/h2-5,12-13,16,20,26,31-32H,6-11,14-15,17-18H2,1H3/t26-/m0/s1. The van der Waals surface area contributed by atoms with E-state index in [1.54, 1.807) is 12.1 Å². The van der Waals surface area contributed by atoms with Crippen LogP contribution in [0.15, 0.2) is 36.4 Å². The fourth-order valence-electron chi connectivity index (χ4n) is 5.72. The summed E-state index contributed by atoms with van der Waals surface area (Å²) in [4.78, 5) is 2.12. The van der Waals surface area contributed by atoms with Crippen LogP contribution in [0.1, 0.15) is 35.6 Å². The van der Waals surface area contributed by atoms with E-state index in [0.29, 0.717) is 56.3 Å². The van der Waals surface area contributed by atoms with Crippen molar-refractivity contribution in [2.45, 2.75) is 31.7 Å². The molecule has 2 N–H and O–H groups in total. The fraction of sp³-hybridized carbons (Fsp3) is 0.519. The zero-order chi connectivity index (χ0) is 27.8. The summed E-state index contributed by atoms with van der Waals surface area (Å²) in [5.74, 6) is -3.12. The Hall–Kier alpha value is -2.51. The molecule has 1 atom stereocenters. The van der Waals surface area contributed by atoms with Gasteiger partial charge in [-0.15, -0.1) is 0 Å². The van der Waals surface area contributed by atoms with Crippen molar-refractivity contribution in [3.8, 4) is 0 Å². The summed E-state index contributed by atoms with van der Waals surface area (Å²) < 4.78 is 75.9. The van der Waals surface area contributed by atoms with Crippen molar-refractivity contribution < 1.29 is 26.3 Å². The van der Waals surface area contributed by atoms with Gasteiger partial charge in [0.15, 0.2) is 0 Å². The number of ether oxygens (including phenoxy) is 1. The molecule has 0 radical (unpaired) electrons. The second-order valence-corrected chi connectivity index (χ2v) is 12.5.